The molecule has 1 aliphatic heterocycles. The molecule has 2 heterocycles. The highest BCUT2D eigenvalue weighted by Crippen LogP contribution is 2.09. The van der Waals surface area contributed by atoms with Crippen molar-refractivity contribution in [1.29, 1.82) is 0 Å². The Morgan fingerprint density at radius 2 is 1.64 bits per heavy atom. The van der Waals surface area contributed by atoms with E-state index in [0.717, 1.165) is 42.1 Å². The predicted octanol–water partition coefficient (Wildman–Crippen LogP) is 1.19. The number of aromatic hydroxyl groups is 1. The van der Waals surface area contributed by atoms with Gasteiger partial charge in [-0.05, 0) is 50.0 Å². The molecule has 2 aromatic rings. The molecule has 0 saturated carbocycles. The molecule has 1 N–H and O–H groups in total. The third-order valence-electron chi connectivity index (χ3n) is 4.63. The topological polar surface area (TPSA) is 67.5 Å². The van der Waals surface area contributed by atoms with Gasteiger partial charge in [-0.2, -0.15) is 0 Å². The zero-order chi connectivity index (χ0) is 17.8. The Labute approximate surface area is 144 Å². The van der Waals surface area contributed by atoms with Gasteiger partial charge in [-0.25, -0.2) is 9.18 Å². The lowest BCUT2D eigenvalue weighted by atomic mass is 10.1. The minimum atomic E-state index is -0.526. The summed E-state index contributed by atoms with van der Waals surface area (Å²) >= 11 is 0. The third-order valence-corrected chi connectivity index (χ3v) is 4.63. The maximum absolute atomic E-state index is 12.9. The summed E-state index contributed by atoms with van der Waals surface area (Å²) in [6.45, 7) is 3.21. The molecule has 0 spiro atoms. The van der Waals surface area contributed by atoms with E-state index in [1.165, 1.54) is 16.7 Å². The van der Waals surface area contributed by atoms with Crippen LogP contribution in [0.3, 0.4) is 0 Å². The predicted molar refractivity (Wildman–Crippen MR) is 92.4 cm³/mol. The van der Waals surface area contributed by atoms with Gasteiger partial charge in [-0.3, -0.25) is 13.9 Å². The summed E-state index contributed by atoms with van der Waals surface area (Å²) in [4.78, 5) is 26.9. The van der Waals surface area contributed by atoms with Crippen molar-refractivity contribution in [2.45, 2.75) is 32.4 Å². The molecule has 1 saturated heterocycles. The second-order valence-electron chi connectivity index (χ2n) is 6.35. The molecule has 134 valence electrons. The summed E-state index contributed by atoms with van der Waals surface area (Å²) in [5.74, 6) is -0.623. The number of hydrogen-bond donors (Lipinski definition) is 1. The Morgan fingerprint density at radius 3 is 2.32 bits per heavy atom. The fourth-order valence-electron chi connectivity index (χ4n) is 3.16. The summed E-state index contributed by atoms with van der Waals surface area (Å²) in [6, 6.07) is 7.04. The number of aryl methyl sites for hydroxylation is 1. The SMILES string of the molecule is O=c1cc(O)n(CCN2CCCC2)c(=O)n1CCc1ccc(F)cc1. The Kier molecular flexibility index (Phi) is 5.33. The van der Waals surface area contributed by atoms with Crippen LogP contribution in [0.15, 0.2) is 39.9 Å². The van der Waals surface area contributed by atoms with Gasteiger partial charge in [0.25, 0.3) is 5.56 Å². The average molecular weight is 347 g/mol. The van der Waals surface area contributed by atoms with Gasteiger partial charge < -0.3 is 10.0 Å². The highest BCUT2D eigenvalue weighted by molar-refractivity contribution is 5.16. The van der Waals surface area contributed by atoms with Crippen molar-refractivity contribution in [3.05, 3.63) is 62.6 Å². The monoisotopic (exact) mass is 347 g/mol. The minimum absolute atomic E-state index is 0.188. The normalized spacial score (nSPS) is 14.9. The maximum atomic E-state index is 12.9. The first-order chi connectivity index (χ1) is 12.0. The number of nitrogens with zero attached hydrogens (tertiary/aromatic N) is 3. The molecule has 1 aromatic carbocycles. The van der Waals surface area contributed by atoms with E-state index in [2.05, 4.69) is 4.90 Å². The summed E-state index contributed by atoms with van der Waals surface area (Å²) in [6.07, 6.45) is 2.74. The molecule has 6 nitrogen and oxygen atoms in total. The van der Waals surface area contributed by atoms with E-state index in [1.54, 1.807) is 12.1 Å². The van der Waals surface area contributed by atoms with Crippen LogP contribution in [0.5, 0.6) is 5.88 Å². The minimum Gasteiger partial charge on any atom is -0.494 e. The smallest absolute Gasteiger partial charge is 0.333 e. The number of rotatable bonds is 6. The van der Waals surface area contributed by atoms with Gasteiger partial charge in [0.1, 0.15) is 5.82 Å². The van der Waals surface area contributed by atoms with Crippen molar-refractivity contribution < 1.29 is 9.50 Å². The maximum Gasteiger partial charge on any atom is 0.333 e. The fourth-order valence-corrected chi connectivity index (χ4v) is 3.16. The second-order valence-corrected chi connectivity index (χ2v) is 6.35. The zero-order valence-electron chi connectivity index (χ0n) is 14.0. The molecule has 0 aliphatic carbocycles. The van der Waals surface area contributed by atoms with E-state index in [0.29, 0.717) is 19.5 Å². The van der Waals surface area contributed by atoms with Gasteiger partial charge in [0.05, 0.1) is 6.07 Å². The lowest BCUT2D eigenvalue weighted by molar-refractivity contribution is 0.301. The molecule has 7 heteroatoms. The number of hydrogen-bond acceptors (Lipinski definition) is 4. The van der Waals surface area contributed by atoms with Crippen molar-refractivity contribution >= 4 is 0 Å². The van der Waals surface area contributed by atoms with Crippen LogP contribution < -0.4 is 11.2 Å². The lowest BCUT2D eigenvalue weighted by Gasteiger charge is -2.17. The number of halogens is 1. The molecule has 25 heavy (non-hydrogen) atoms. The van der Waals surface area contributed by atoms with Gasteiger partial charge in [0, 0.05) is 19.6 Å². The standard InChI is InChI=1S/C18H22FN3O3/c19-15-5-3-14(4-6-15)7-10-21-16(23)13-17(24)22(18(21)25)12-11-20-8-1-2-9-20/h3-6,13,24H,1-2,7-12H2. The second kappa shape index (κ2) is 7.65. The Balaban J connectivity index is 1.76. The van der Waals surface area contributed by atoms with Crippen molar-refractivity contribution in [2.24, 2.45) is 0 Å². The quantitative estimate of drug-likeness (QED) is 0.852. The molecule has 0 amide bonds. The number of benzene rings is 1. The molecular weight excluding hydrogens is 325 g/mol. The summed E-state index contributed by atoms with van der Waals surface area (Å²) in [5.41, 5.74) is -0.197. The first-order valence-electron chi connectivity index (χ1n) is 8.55. The largest absolute Gasteiger partial charge is 0.494 e. The Hall–Kier alpha value is -2.41. The molecule has 0 bridgehead atoms. The van der Waals surface area contributed by atoms with E-state index in [-0.39, 0.29) is 18.2 Å². The summed E-state index contributed by atoms with van der Waals surface area (Å²) < 4.78 is 15.3. The van der Waals surface area contributed by atoms with Crippen LogP contribution in [0.1, 0.15) is 18.4 Å². The molecule has 0 radical (unpaired) electrons. The average Bonchev–Trinajstić information content (AvgIpc) is 3.09. The third kappa shape index (κ3) is 4.17. The van der Waals surface area contributed by atoms with Crippen molar-refractivity contribution in [1.82, 2.24) is 14.0 Å². The number of likely N-dealkylation sites (tertiary alicyclic amines) is 1. The molecule has 3 rings (SSSR count). The van der Waals surface area contributed by atoms with Crippen molar-refractivity contribution in [2.75, 3.05) is 19.6 Å². The molecule has 1 aromatic heterocycles. The van der Waals surface area contributed by atoms with E-state index in [9.17, 15) is 19.1 Å². The van der Waals surface area contributed by atoms with Crippen LogP contribution in [0.4, 0.5) is 4.39 Å². The summed E-state index contributed by atoms with van der Waals surface area (Å²) in [5, 5.41) is 9.98. The molecular formula is C18H22FN3O3. The van der Waals surface area contributed by atoms with Crippen LogP contribution in [0.25, 0.3) is 0 Å². The number of aromatic nitrogens is 2. The Bertz CT molecular complexity index is 836. The first-order valence-corrected chi connectivity index (χ1v) is 8.55. The molecule has 0 unspecified atom stereocenters. The van der Waals surface area contributed by atoms with Crippen molar-refractivity contribution in [3.8, 4) is 5.88 Å². The van der Waals surface area contributed by atoms with Crippen LogP contribution in [-0.4, -0.2) is 38.8 Å². The van der Waals surface area contributed by atoms with E-state index < -0.39 is 11.2 Å². The van der Waals surface area contributed by atoms with Gasteiger partial charge >= 0.3 is 5.69 Å². The zero-order valence-corrected chi connectivity index (χ0v) is 14.0. The highest BCUT2D eigenvalue weighted by atomic mass is 19.1. The van der Waals surface area contributed by atoms with E-state index >= 15 is 0 Å². The van der Waals surface area contributed by atoms with Gasteiger partial charge in [-0.15, -0.1) is 0 Å². The van der Waals surface area contributed by atoms with Crippen LogP contribution in [0.2, 0.25) is 0 Å². The fraction of sp³-hybridized carbons (Fsp3) is 0.444. The first kappa shape index (κ1) is 17.4. The van der Waals surface area contributed by atoms with E-state index in [1.807, 2.05) is 0 Å². The molecule has 0 atom stereocenters. The van der Waals surface area contributed by atoms with Gasteiger partial charge in [-0.1, -0.05) is 12.1 Å². The summed E-state index contributed by atoms with van der Waals surface area (Å²) in [7, 11) is 0. The lowest BCUT2D eigenvalue weighted by Crippen LogP contribution is -2.41. The van der Waals surface area contributed by atoms with Gasteiger partial charge in [0.2, 0.25) is 5.88 Å². The highest BCUT2D eigenvalue weighted by Gasteiger charge is 2.15. The van der Waals surface area contributed by atoms with Crippen LogP contribution in [-0.2, 0) is 19.5 Å². The molecule has 1 aliphatic rings. The Morgan fingerprint density at radius 1 is 0.960 bits per heavy atom. The van der Waals surface area contributed by atoms with E-state index in [4.69, 9.17) is 0 Å². The molecule has 1 fully saturated rings. The van der Waals surface area contributed by atoms with Crippen LogP contribution >= 0.6 is 0 Å². The van der Waals surface area contributed by atoms with Crippen LogP contribution in [0, 0.1) is 5.82 Å². The van der Waals surface area contributed by atoms with Gasteiger partial charge in [0.15, 0.2) is 0 Å². The van der Waals surface area contributed by atoms with Crippen molar-refractivity contribution in [3.63, 3.8) is 0 Å².